The van der Waals surface area contributed by atoms with Crippen LogP contribution in [-0.2, 0) is 17.9 Å². The monoisotopic (exact) mass is 499 g/mol. The Hall–Kier alpha value is -2.91. The molecule has 0 fully saturated rings. The summed E-state index contributed by atoms with van der Waals surface area (Å²) in [5, 5.41) is 14.7. The number of halogens is 1. The fraction of sp³-hybridized carbons (Fsp3) is 0.182. The average molecular weight is 500 g/mol. The second-order valence-electron chi connectivity index (χ2n) is 6.61. The van der Waals surface area contributed by atoms with Crippen molar-refractivity contribution in [2.24, 2.45) is 0 Å². The molecule has 31 heavy (non-hydrogen) atoms. The third-order valence-electron chi connectivity index (χ3n) is 4.38. The molecule has 160 valence electrons. The number of carbonyl (C=O) groups excluding carboxylic acids is 2. The Morgan fingerprint density at radius 2 is 1.90 bits per heavy atom. The van der Waals surface area contributed by atoms with E-state index in [2.05, 4.69) is 43.3 Å². The van der Waals surface area contributed by atoms with Crippen LogP contribution in [0.5, 0.6) is 0 Å². The third-order valence-corrected chi connectivity index (χ3v) is 6.04. The molecular formula is C22H22BrN5O2S. The molecule has 0 spiro atoms. The summed E-state index contributed by atoms with van der Waals surface area (Å²) in [4.78, 5) is 24.8. The van der Waals surface area contributed by atoms with Crippen LogP contribution in [0.1, 0.15) is 21.7 Å². The summed E-state index contributed by atoms with van der Waals surface area (Å²) in [7, 11) is 0. The highest BCUT2D eigenvalue weighted by Gasteiger charge is 2.16. The SMILES string of the molecule is C=CCn1c(CNC(=O)c2ccccc2Br)nnc1SCC(=O)Nc1ccccc1C. The van der Waals surface area contributed by atoms with Crippen molar-refractivity contribution in [2.75, 3.05) is 11.1 Å². The van der Waals surface area contributed by atoms with Crippen molar-refractivity contribution in [3.63, 3.8) is 0 Å². The third kappa shape index (κ3) is 6.05. The van der Waals surface area contributed by atoms with E-state index in [1.807, 2.05) is 47.9 Å². The number of rotatable bonds is 9. The van der Waals surface area contributed by atoms with Crippen LogP contribution in [0.3, 0.4) is 0 Å². The number of carbonyl (C=O) groups is 2. The number of amides is 2. The highest BCUT2D eigenvalue weighted by molar-refractivity contribution is 9.10. The van der Waals surface area contributed by atoms with Gasteiger partial charge >= 0.3 is 0 Å². The number of hydrogen-bond acceptors (Lipinski definition) is 5. The normalized spacial score (nSPS) is 10.5. The zero-order valence-electron chi connectivity index (χ0n) is 17.0. The van der Waals surface area contributed by atoms with E-state index in [9.17, 15) is 9.59 Å². The van der Waals surface area contributed by atoms with Gasteiger partial charge in [-0.3, -0.25) is 9.59 Å². The van der Waals surface area contributed by atoms with E-state index in [-0.39, 0.29) is 24.1 Å². The van der Waals surface area contributed by atoms with Crippen molar-refractivity contribution >= 4 is 45.2 Å². The van der Waals surface area contributed by atoms with E-state index < -0.39 is 0 Å². The molecular weight excluding hydrogens is 478 g/mol. The van der Waals surface area contributed by atoms with Gasteiger partial charge in [0.15, 0.2) is 11.0 Å². The number of hydrogen-bond donors (Lipinski definition) is 2. The van der Waals surface area contributed by atoms with Gasteiger partial charge in [-0.1, -0.05) is 48.2 Å². The average Bonchev–Trinajstić information content (AvgIpc) is 3.14. The number of anilines is 1. The van der Waals surface area contributed by atoms with E-state index in [0.717, 1.165) is 15.7 Å². The molecule has 0 aliphatic carbocycles. The maximum Gasteiger partial charge on any atom is 0.252 e. The molecule has 0 saturated carbocycles. The Morgan fingerprint density at radius 1 is 1.16 bits per heavy atom. The molecule has 3 aromatic rings. The first-order chi connectivity index (χ1) is 15.0. The first-order valence-electron chi connectivity index (χ1n) is 9.53. The molecule has 9 heteroatoms. The zero-order chi connectivity index (χ0) is 22.2. The van der Waals surface area contributed by atoms with Gasteiger partial charge in [0.1, 0.15) is 0 Å². The van der Waals surface area contributed by atoms with Crippen molar-refractivity contribution in [1.29, 1.82) is 0 Å². The molecule has 0 saturated heterocycles. The largest absolute Gasteiger partial charge is 0.345 e. The van der Waals surface area contributed by atoms with Crippen molar-refractivity contribution in [3.05, 3.63) is 82.6 Å². The Morgan fingerprint density at radius 3 is 2.65 bits per heavy atom. The van der Waals surface area contributed by atoms with E-state index in [1.165, 1.54) is 11.8 Å². The van der Waals surface area contributed by atoms with Crippen LogP contribution in [-0.4, -0.2) is 32.3 Å². The lowest BCUT2D eigenvalue weighted by Gasteiger charge is -2.10. The number of allylic oxidation sites excluding steroid dienone is 1. The summed E-state index contributed by atoms with van der Waals surface area (Å²) in [6.45, 7) is 6.39. The summed E-state index contributed by atoms with van der Waals surface area (Å²) in [5.74, 6) is 0.429. The molecule has 7 nitrogen and oxygen atoms in total. The van der Waals surface area contributed by atoms with Crippen molar-refractivity contribution in [1.82, 2.24) is 20.1 Å². The highest BCUT2D eigenvalue weighted by atomic mass is 79.9. The molecule has 2 N–H and O–H groups in total. The molecule has 0 radical (unpaired) electrons. The van der Waals surface area contributed by atoms with Gasteiger partial charge in [0.05, 0.1) is 17.9 Å². The number of aryl methyl sites for hydroxylation is 1. The van der Waals surface area contributed by atoms with E-state index in [0.29, 0.717) is 23.1 Å². The maximum absolute atomic E-state index is 12.5. The van der Waals surface area contributed by atoms with E-state index in [1.54, 1.807) is 18.2 Å². The quantitative estimate of drug-likeness (QED) is 0.340. The molecule has 0 atom stereocenters. The van der Waals surface area contributed by atoms with Crippen LogP contribution in [0.25, 0.3) is 0 Å². The van der Waals surface area contributed by atoms with E-state index >= 15 is 0 Å². The van der Waals surface area contributed by atoms with Gasteiger partial charge in [-0.25, -0.2) is 0 Å². The molecule has 0 unspecified atom stereocenters. The minimum Gasteiger partial charge on any atom is -0.345 e. The van der Waals surface area contributed by atoms with Gasteiger partial charge in [0, 0.05) is 16.7 Å². The van der Waals surface area contributed by atoms with Crippen LogP contribution < -0.4 is 10.6 Å². The van der Waals surface area contributed by atoms with Crippen molar-refractivity contribution < 1.29 is 9.59 Å². The molecule has 0 aliphatic heterocycles. The first kappa shape index (κ1) is 22.8. The van der Waals surface area contributed by atoms with Gasteiger partial charge in [0.25, 0.3) is 5.91 Å². The Bertz CT molecular complexity index is 1100. The molecule has 2 aromatic carbocycles. The summed E-state index contributed by atoms with van der Waals surface area (Å²) < 4.78 is 2.55. The summed E-state index contributed by atoms with van der Waals surface area (Å²) in [6.07, 6.45) is 1.72. The van der Waals surface area contributed by atoms with Crippen LogP contribution in [0, 0.1) is 6.92 Å². The minimum absolute atomic E-state index is 0.128. The Labute approximate surface area is 193 Å². The molecule has 0 bridgehead atoms. The standard InChI is InChI=1S/C22H22BrN5O2S/c1-3-12-28-19(13-24-21(30)16-9-5-6-10-17(16)23)26-27-22(28)31-14-20(29)25-18-11-7-4-8-15(18)2/h3-11H,1,12-14H2,2H3,(H,24,30)(H,25,29). The fourth-order valence-electron chi connectivity index (χ4n) is 2.80. The van der Waals surface area contributed by atoms with Crippen LogP contribution in [0.4, 0.5) is 5.69 Å². The summed E-state index contributed by atoms with van der Waals surface area (Å²) in [6, 6.07) is 14.8. The number of nitrogens with zero attached hydrogens (tertiary/aromatic N) is 3. The van der Waals surface area contributed by atoms with Crippen LogP contribution in [0.15, 0.2) is 70.8 Å². The second-order valence-corrected chi connectivity index (χ2v) is 8.41. The lowest BCUT2D eigenvalue weighted by Crippen LogP contribution is -2.25. The highest BCUT2D eigenvalue weighted by Crippen LogP contribution is 2.20. The predicted molar refractivity (Wildman–Crippen MR) is 126 cm³/mol. The molecule has 1 aromatic heterocycles. The molecule has 2 amide bonds. The zero-order valence-corrected chi connectivity index (χ0v) is 19.4. The van der Waals surface area contributed by atoms with Gasteiger partial charge in [-0.15, -0.1) is 16.8 Å². The Kier molecular flexibility index (Phi) is 8.02. The number of thioether (sulfide) groups is 1. The van der Waals surface area contributed by atoms with Crippen molar-refractivity contribution in [3.8, 4) is 0 Å². The second kappa shape index (κ2) is 10.9. The fourth-order valence-corrected chi connectivity index (χ4v) is 4.03. The van der Waals surface area contributed by atoms with Gasteiger partial charge in [0.2, 0.25) is 5.91 Å². The van der Waals surface area contributed by atoms with Crippen molar-refractivity contribution in [2.45, 2.75) is 25.2 Å². The Balaban J connectivity index is 1.62. The van der Waals surface area contributed by atoms with Crippen LogP contribution >= 0.6 is 27.7 Å². The molecule has 3 rings (SSSR count). The smallest absolute Gasteiger partial charge is 0.252 e. The summed E-state index contributed by atoms with van der Waals surface area (Å²) >= 11 is 4.66. The number of benzene rings is 2. The topological polar surface area (TPSA) is 88.9 Å². The van der Waals surface area contributed by atoms with E-state index in [4.69, 9.17) is 0 Å². The number of nitrogens with one attached hydrogen (secondary N) is 2. The first-order valence-corrected chi connectivity index (χ1v) is 11.3. The minimum atomic E-state index is -0.215. The number of para-hydroxylation sites is 1. The molecule has 1 heterocycles. The van der Waals surface area contributed by atoms with Gasteiger partial charge in [-0.2, -0.15) is 0 Å². The maximum atomic E-state index is 12.5. The van der Waals surface area contributed by atoms with Gasteiger partial charge < -0.3 is 15.2 Å². The molecule has 0 aliphatic rings. The summed E-state index contributed by atoms with van der Waals surface area (Å²) in [5.41, 5.74) is 2.33. The number of aromatic nitrogens is 3. The lowest BCUT2D eigenvalue weighted by atomic mass is 10.2. The lowest BCUT2D eigenvalue weighted by molar-refractivity contribution is -0.113. The van der Waals surface area contributed by atoms with Crippen LogP contribution in [0.2, 0.25) is 0 Å². The predicted octanol–water partition coefficient (Wildman–Crippen LogP) is 4.20. The van der Waals surface area contributed by atoms with Gasteiger partial charge in [-0.05, 0) is 46.6 Å².